The van der Waals surface area contributed by atoms with Gasteiger partial charge in [0, 0.05) is 19.6 Å². The van der Waals surface area contributed by atoms with Crippen molar-refractivity contribution in [2.45, 2.75) is 38.1 Å². The van der Waals surface area contributed by atoms with Gasteiger partial charge in [0.25, 0.3) is 0 Å². The lowest BCUT2D eigenvalue weighted by molar-refractivity contribution is -0.133. The highest BCUT2D eigenvalue weighted by Crippen LogP contribution is 2.41. The minimum Gasteiger partial charge on any atom is -0.496 e. The van der Waals surface area contributed by atoms with Crippen LogP contribution in [0.3, 0.4) is 0 Å². The molecular weight excluding hydrogens is 402 g/mol. The number of fused-ring (bicyclic) bond motifs is 1. The molecule has 160 valence electrons. The molecule has 1 fully saturated rings. The van der Waals surface area contributed by atoms with Gasteiger partial charge in [0.15, 0.2) is 6.79 Å². The van der Waals surface area contributed by atoms with Crippen LogP contribution in [0.25, 0.3) is 0 Å². The summed E-state index contributed by atoms with van der Waals surface area (Å²) in [5, 5.41) is 0.563. The van der Waals surface area contributed by atoms with Gasteiger partial charge in [-0.15, -0.1) is 0 Å². The Morgan fingerprint density at radius 2 is 1.90 bits per heavy atom. The minimum absolute atomic E-state index is 0.0591. The summed E-state index contributed by atoms with van der Waals surface area (Å²) >= 11 is 6.54. The fourth-order valence-corrected chi connectivity index (χ4v) is 5.04. The number of carbonyl (C=O) groups is 1. The maximum absolute atomic E-state index is 13.3. The zero-order valence-electron chi connectivity index (χ0n) is 17.5. The molecule has 2 aromatic rings. The zero-order chi connectivity index (χ0) is 21.1. The molecule has 1 aliphatic heterocycles. The number of nitrogens with zero attached hydrogens (tertiary/aromatic N) is 1. The molecule has 0 bridgehead atoms. The van der Waals surface area contributed by atoms with E-state index in [4.69, 9.17) is 25.8 Å². The molecule has 5 nitrogen and oxygen atoms in total. The molecule has 1 amide bonds. The molecule has 0 spiro atoms. The van der Waals surface area contributed by atoms with Gasteiger partial charge in [-0.3, -0.25) is 4.79 Å². The van der Waals surface area contributed by atoms with Gasteiger partial charge in [-0.1, -0.05) is 35.9 Å². The largest absolute Gasteiger partial charge is 0.496 e. The summed E-state index contributed by atoms with van der Waals surface area (Å²) in [4.78, 5) is 15.4. The van der Waals surface area contributed by atoms with Crippen molar-refractivity contribution in [1.82, 2.24) is 4.90 Å². The molecule has 2 aromatic carbocycles. The van der Waals surface area contributed by atoms with Gasteiger partial charge in [0.1, 0.15) is 11.5 Å². The molecule has 1 aliphatic carbocycles. The third kappa shape index (κ3) is 4.01. The molecular formula is C24H28ClNO4. The molecule has 2 atom stereocenters. The van der Waals surface area contributed by atoms with E-state index < -0.39 is 0 Å². The molecule has 30 heavy (non-hydrogen) atoms. The van der Waals surface area contributed by atoms with Gasteiger partial charge in [0.2, 0.25) is 5.91 Å². The average Bonchev–Trinajstić information content (AvgIpc) is 3.13. The van der Waals surface area contributed by atoms with E-state index in [0.29, 0.717) is 17.2 Å². The first-order chi connectivity index (χ1) is 14.6. The number of methoxy groups -OCH3 is 2. The SMILES string of the molecule is COCOc1cccc(CC2CCN(C3CCCc4c(OC)cccc43)C2=O)c1Cl. The Hall–Kier alpha value is -2.24. The Morgan fingerprint density at radius 3 is 2.70 bits per heavy atom. The summed E-state index contributed by atoms with van der Waals surface area (Å²) in [6, 6.07) is 12.0. The van der Waals surface area contributed by atoms with Crippen molar-refractivity contribution in [3.63, 3.8) is 0 Å². The predicted octanol–water partition coefficient (Wildman–Crippen LogP) is 4.80. The van der Waals surface area contributed by atoms with Crippen LogP contribution in [0.2, 0.25) is 5.02 Å². The van der Waals surface area contributed by atoms with Gasteiger partial charge in [0.05, 0.1) is 18.2 Å². The molecule has 0 aromatic heterocycles. The fraction of sp³-hybridized carbons (Fsp3) is 0.458. The van der Waals surface area contributed by atoms with Crippen LogP contribution in [0, 0.1) is 5.92 Å². The summed E-state index contributed by atoms with van der Waals surface area (Å²) in [7, 11) is 3.28. The third-order valence-electron chi connectivity index (χ3n) is 6.22. The van der Waals surface area contributed by atoms with Crippen LogP contribution in [0.15, 0.2) is 36.4 Å². The Bertz CT molecular complexity index is 916. The standard InChI is InChI=1S/C24H28ClNO4/c1-28-15-30-22-11-3-6-16(23(22)25)14-17-12-13-26(24(17)27)20-9-4-8-19-18(20)7-5-10-21(19)29-2/h3,5-7,10-11,17,20H,4,8-9,12-15H2,1-2H3. The quantitative estimate of drug-likeness (QED) is 0.593. The maximum Gasteiger partial charge on any atom is 0.226 e. The molecule has 4 rings (SSSR count). The summed E-state index contributed by atoms with van der Waals surface area (Å²) in [5.41, 5.74) is 3.43. The highest BCUT2D eigenvalue weighted by Gasteiger charge is 2.38. The third-order valence-corrected chi connectivity index (χ3v) is 6.65. The first kappa shape index (κ1) is 21.0. The Labute approximate surface area is 182 Å². The molecule has 0 N–H and O–H groups in total. The highest BCUT2D eigenvalue weighted by molar-refractivity contribution is 6.32. The molecule has 6 heteroatoms. The molecule has 1 saturated heterocycles. The lowest BCUT2D eigenvalue weighted by atomic mass is 9.86. The number of ether oxygens (including phenoxy) is 3. The van der Waals surface area contributed by atoms with Gasteiger partial charge in [-0.25, -0.2) is 0 Å². The maximum atomic E-state index is 13.3. The van der Waals surface area contributed by atoms with Gasteiger partial charge in [-0.05, 0) is 60.9 Å². The Morgan fingerprint density at radius 1 is 1.10 bits per heavy atom. The van der Waals surface area contributed by atoms with Crippen LogP contribution < -0.4 is 9.47 Å². The average molecular weight is 430 g/mol. The number of halogens is 1. The number of hydrogen-bond donors (Lipinski definition) is 0. The molecule has 0 radical (unpaired) electrons. The van der Waals surface area contributed by atoms with Gasteiger partial charge in [-0.2, -0.15) is 0 Å². The number of amides is 1. The van der Waals surface area contributed by atoms with E-state index in [1.165, 1.54) is 11.1 Å². The van der Waals surface area contributed by atoms with E-state index in [-0.39, 0.29) is 24.7 Å². The van der Waals surface area contributed by atoms with Crippen LogP contribution in [0.1, 0.15) is 42.0 Å². The van der Waals surface area contributed by atoms with Crippen molar-refractivity contribution in [3.8, 4) is 11.5 Å². The molecule has 0 saturated carbocycles. The second-order valence-corrected chi connectivity index (χ2v) is 8.32. The van der Waals surface area contributed by atoms with E-state index in [1.54, 1.807) is 14.2 Å². The van der Waals surface area contributed by atoms with E-state index in [9.17, 15) is 4.79 Å². The van der Waals surface area contributed by atoms with Gasteiger partial charge >= 0.3 is 0 Å². The van der Waals surface area contributed by atoms with Crippen molar-refractivity contribution < 1.29 is 19.0 Å². The van der Waals surface area contributed by atoms with E-state index in [2.05, 4.69) is 11.0 Å². The normalized spacial score (nSPS) is 20.9. The number of likely N-dealkylation sites (tertiary alicyclic amines) is 1. The summed E-state index contributed by atoms with van der Waals surface area (Å²) in [5.74, 6) is 1.68. The highest BCUT2D eigenvalue weighted by atomic mass is 35.5. The minimum atomic E-state index is -0.0591. The lowest BCUT2D eigenvalue weighted by Gasteiger charge is -2.34. The predicted molar refractivity (Wildman–Crippen MR) is 116 cm³/mol. The summed E-state index contributed by atoms with van der Waals surface area (Å²) < 4.78 is 16.1. The summed E-state index contributed by atoms with van der Waals surface area (Å²) in [6.45, 7) is 0.923. The number of benzene rings is 2. The zero-order valence-corrected chi connectivity index (χ0v) is 18.3. The fourth-order valence-electron chi connectivity index (χ4n) is 4.78. The number of carbonyl (C=O) groups excluding carboxylic acids is 1. The Kier molecular flexibility index (Phi) is 6.49. The second kappa shape index (κ2) is 9.27. The summed E-state index contributed by atoms with van der Waals surface area (Å²) in [6.07, 6.45) is 4.53. The van der Waals surface area contributed by atoms with E-state index >= 15 is 0 Å². The van der Waals surface area contributed by atoms with Crippen LogP contribution >= 0.6 is 11.6 Å². The first-order valence-electron chi connectivity index (χ1n) is 10.5. The van der Waals surface area contributed by atoms with Crippen molar-refractivity contribution in [1.29, 1.82) is 0 Å². The second-order valence-electron chi connectivity index (χ2n) is 7.94. The Balaban J connectivity index is 1.51. The van der Waals surface area contributed by atoms with Crippen LogP contribution in [0.5, 0.6) is 11.5 Å². The number of hydrogen-bond acceptors (Lipinski definition) is 4. The van der Waals surface area contributed by atoms with E-state index in [1.807, 2.05) is 30.3 Å². The topological polar surface area (TPSA) is 48.0 Å². The van der Waals surface area contributed by atoms with E-state index in [0.717, 1.165) is 43.5 Å². The lowest BCUT2D eigenvalue weighted by Crippen LogP contribution is -2.34. The molecule has 2 aliphatic rings. The van der Waals surface area contributed by atoms with Crippen LogP contribution in [0.4, 0.5) is 0 Å². The van der Waals surface area contributed by atoms with Crippen molar-refractivity contribution >= 4 is 17.5 Å². The van der Waals surface area contributed by atoms with Gasteiger partial charge < -0.3 is 19.1 Å². The molecule has 1 heterocycles. The van der Waals surface area contributed by atoms with Crippen molar-refractivity contribution in [2.24, 2.45) is 5.92 Å². The van der Waals surface area contributed by atoms with Crippen LogP contribution in [-0.4, -0.2) is 38.4 Å². The monoisotopic (exact) mass is 429 g/mol. The smallest absolute Gasteiger partial charge is 0.226 e. The van der Waals surface area contributed by atoms with Crippen LogP contribution in [-0.2, 0) is 22.4 Å². The first-order valence-corrected chi connectivity index (χ1v) is 10.9. The van der Waals surface area contributed by atoms with Crippen molar-refractivity contribution in [3.05, 3.63) is 58.1 Å². The van der Waals surface area contributed by atoms with Crippen molar-refractivity contribution in [2.75, 3.05) is 27.6 Å². The molecule has 2 unspecified atom stereocenters. The number of rotatable bonds is 7.